The van der Waals surface area contributed by atoms with Gasteiger partial charge in [0.1, 0.15) is 5.60 Å². The Hall–Kier alpha value is -1.55. The van der Waals surface area contributed by atoms with Crippen molar-refractivity contribution in [1.29, 1.82) is 0 Å². The van der Waals surface area contributed by atoms with Crippen molar-refractivity contribution in [2.24, 2.45) is 0 Å². The number of alkyl carbamates (subject to hydrolysis) is 1. The maximum absolute atomic E-state index is 11.8. The third-order valence-corrected chi connectivity index (χ3v) is 4.07. The zero-order valence-corrected chi connectivity index (χ0v) is 14.6. The topological polar surface area (TPSA) is 50.4 Å². The van der Waals surface area contributed by atoms with Gasteiger partial charge in [-0.15, -0.1) is 0 Å². The average Bonchev–Trinajstić information content (AvgIpc) is 2.90. The second kappa shape index (κ2) is 8.34. The second-order valence-electron chi connectivity index (χ2n) is 7.40. The summed E-state index contributed by atoms with van der Waals surface area (Å²) < 4.78 is 5.31. The third-order valence-electron chi connectivity index (χ3n) is 4.07. The Morgan fingerprint density at radius 1 is 1.17 bits per heavy atom. The van der Waals surface area contributed by atoms with Crippen LogP contribution in [-0.2, 0) is 11.2 Å². The van der Waals surface area contributed by atoms with Gasteiger partial charge in [-0.25, -0.2) is 4.79 Å². The van der Waals surface area contributed by atoms with Crippen molar-refractivity contribution in [3.63, 3.8) is 0 Å². The summed E-state index contributed by atoms with van der Waals surface area (Å²) in [6.45, 7) is 6.69. The lowest BCUT2D eigenvalue weighted by Crippen LogP contribution is -2.39. The van der Waals surface area contributed by atoms with Crippen molar-refractivity contribution in [2.75, 3.05) is 6.54 Å². The molecule has 0 aromatic heterocycles. The first-order valence-corrected chi connectivity index (χ1v) is 8.69. The molecule has 2 atom stereocenters. The Labute approximate surface area is 140 Å². The molecule has 23 heavy (non-hydrogen) atoms. The van der Waals surface area contributed by atoms with E-state index in [4.69, 9.17) is 4.74 Å². The highest BCUT2D eigenvalue weighted by Crippen LogP contribution is 2.20. The van der Waals surface area contributed by atoms with Crippen molar-refractivity contribution in [2.45, 2.75) is 70.6 Å². The summed E-state index contributed by atoms with van der Waals surface area (Å²) in [5.74, 6) is 0. The van der Waals surface area contributed by atoms with Gasteiger partial charge in [-0.05, 0) is 65.0 Å². The minimum atomic E-state index is -0.433. The molecule has 1 aromatic rings. The van der Waals surface area contributed by atoms with E-state index in [2.05, 4.69) is 41.0 Å². The number of benzene rings is 1. The molecule has 0 saturated heterocycles. The number of rotatable bonds is 6. The van der Waals surface area contributed by atoms with Crippen LogP contribution < -0.4 is 10.6 Å². The molecule has 1 saturated carbocycles. The van der Waals surface area contributed by atoms with Crippen LogP contribution in [-0.4, -0.2) is 30.3 Å². The molecule has 2 unspecified atom stereocenters. The van der Waals surface area contributed by atoms with Crippen LogP contribution in [0.1, 0.15) is 52.0 Å². The van der Waals surface area contributed by atoms with E-state index in [9.17, 15) is 4.79 Å². The molecule has 0 aliphatic heterocycles. The summed E-state index contributed by atoms with van der Waals surface area (Å²) in [7, 11) is 0. The highest BCUT2D eigenvalue weighted by molar-refractivity contribution is 5.68. The van der Waals surface area contributed by atoms with E-state index >= 15 is 0 Å². The standard InChI is InChI=1S/C19H30N2O2/c1-19(2,3)23-18(22)21-17-12-11-16(14-17)20-13-7-10-15-8-5-4-6-9-15/h4-6,8-9,16-17,20H,7,10-14H2,1-3H3,(H,21,22). The number of amides is 1. The van der Waals surface area contributed by atoms with Gasteiger partial charge in [0.25, 0.3) is 0 Å². The van der Waals surface area contributed by atoms with Crippen LogP contribution in [0.25, 0.3) is 0 Å². The van der Waals surface area contributed by atoms with Crippen LogP contribution in [0, 0.1) is 0 Å². The van der Waals surface area contributed by atoms with Crippen molar-refractivity contribution in [1.82, 2.24) is 10.6 Å². The molecule has 2 rings (SSSR count). The van der Waals surface area contributed by atoms with E-state index in [-0.39, 0.29) is 12.1 Å². The lowest BCUT2D eigenvalue weighted by molar-refractivity contribution is 0.0505. The third kappa shape index (κ3) is 7.04. The van der Waals surface area contributed by atoms with Gasteiger partial charge in [0.15, 0.2) is 0 Å². The molecule has 4 heteroatoms. The number of hydrogen-bond donors (Lipinski definition) is 2. The molecule has 1 amide bonds. The Kier molecular flexibility index (Phi) is 6.46. The number of ether oxygens (including phenoxy) is 1. The minimum absolute atomic E-state index is 0.233. The van der Waals surface area contributed by atoms with E-state index in [1.54, 1.807) is 0 Å². The fraction of sp³-hybridized carbons (Fsp3) is 0.632. The average molecular weight is 318 g/mol. The van der Waals surface area contributed by atoms with Crippen LogP contribution in [0.4, 0.5) is 4.79 Å². The molecule has 2 N–H and O–H groups in total. The largest absolute Gasteiger partial charge is 0.444 e. The molecule has 0 bridgehead atoms. The fourth-order valence-corrected chi connectivity index (χ4v) is 3.02. The summed E-state index contributed by atoms with van der Waals surface area (Å²) in [4.78, 5) is 11.8. The zero-order valence-electron chi connectivity index (χ0n) is 14.6. The molecular weight excluding hydrogens is 288 g/mol. The lowest BCUT2D eigenvalue weighted by Gasteiger charge is -2.21. The van der Waals surface area contributed by atoms with E-state index in [0.29, 0.717) is 6.04 Å². The van der Waals surface area contributed by atoms with Gasteiger partial charge < -0.3 is 15.4 Å². The monoisotopic (exact) mass is 318 g/mol. The fourth-order valence-electron chi connectivity index (χ4n) is 3.02. The number of hydrogen-bond acceptors (Lipinski definition) is 3. The number of carbonyl (C=O) groups is 1. The molecule has 1 fully saturated rings. The smallest absolute Gasteiger partial charge is 0.407 e. The molecule has 1 aliphatic carbocycles. The number of nitrogens with one attached hydrogen (secondary N) is 2. The summed E-state index contributed by atoms with van der Waals surface area (Å²) in [5.41, 5.74) is 0.961. The second-order valence-corrected chi connectivity index (χ2v) is 7.40. The summed E-state index contributed by atoms with van der Waals surface area (Å²) in [5, 5.41) is 6.59. The minimum Gasteiger partial charge on any atom is -0.444 e. The molecular formula is C19H30N2O2. The van der Waals surface area contributed by atoms with Gasteiger partial charge in [-0.2, -0.15) is 0 Å². The van der Waals surface area contributed by atoms with Crippen LogP contribution >= 0.6 is 0 Å². The number of carbonyl (C=O) groups excluding carboxylic acids is 1. The van der Waals surface area contributed by atoms with Crippen molar-refractivity contribution in [3.8, 4) is 0 Å². The van der Waals surface area contributed by atoms with Crippen LogP contribution in [0.15, 0.2) is 30.3 Å². The first-order chi connectivity index (χ1) is 10.9. The van der Waals surface area contributed by atoms with E-state index in [1.807, 2.05) is 20.8 Å². The first-order valence-electron chi connectivity index (χ1n) is 8.69. The van der Waals surface area contributed by atoms with Gasteiger partial charge in [-0.3, -0.25) is 0 Å². The van der Waals surface area contributed by atoms with Crippen LogP contribution in [0.5, 0.6) is 0 Å². The molecule has 0 spiro atoms. The van der Waals surface area contributed by atoms with E-state index < -0.39 is 5.60 Å². The Bertz CT molecular complexity index is 482. The predicted molar refractivity (Wildman–Crippen MR) is 93.6 cm³/mol. The van der Waals surface area contributed by atoms with Gasteiger partial charge in [0.05, 0.1) is 0 Å². The van der Waals surface area contributed by atoms with Crippen molar-refractivity contribution >= 4 is 6.09 Å². The normalized spacial score (nSPS) is 21.2. The number of aryl methyl sites for hydroxylation is 1. The Morgan fingerprint density at radius 2 is 1.87 bits per heavy atom. The van der Waals surface area contributed by atoms with Crippen molar-refractivity contribution in [3.05, 3.63) is 35.9 Å². The van der Waals surface area contributed by atoms with Gasteiger partial charge in [-0.1, -0.05) is 30.3 Å². The van der Waals surface area contributed by atoms with E-state index in [0.717, 1.165) is 38.6 Å². The molecule has 0 radical (unpaired) electrons. The van der Waals surface area contributed by atoms with Gasteiger partial charge in [0, 0.05) is 12.1 Å². The highest BCUT2D eigenvalue weighted by Gasteiger charge is 2.27. The van der Waals surface area contributed by atoms with E-state index in [1.165, 1.54) is 5.56 Å². The first kappa shape index (κ1) is 17.8. The molecule has 128 valence electrons. The predicted octanol–water partition coefficient (Wildman–Crippen LogP) is 3.65. The maximum atomic E-state index is 11.8. The molecule has 4 nitrogen and oxygen atoms in total. The molecule has 1 aromatic carbocycles. The highest BCUT2D eigenvalue weighted by atomic mass is 16.6. The Morgan fingerprint density at radius 3 is 2.57 bits per heavy atom. The zero-order chi connectivity index (χ0) is 16.7. The van der Waals surface area contributed by atoms with Gasteiger partial charge in [0.2, 0.25) is 0 Å². The lowest BCUT2D eigenvalue weighted by atomic mass is 10.1. The Balaban J connectivity index is 1.59. The van der Waals surface area contributed by atoms with Crippen LogP contribution in [0.3, 0.4) is 0 Å². The SMILES string of the molecule is CC(C)(C)OC(=O)NC1CCC(NCCCc2ccccc2)C1. The maximum Gasteiger partial charge on any atom is 0.407 e. The van der Waals surface area contributed by atoms with Crippen LogP contribution in [0.2, 0.25) is 0 Å². The molecule has 1 aliphatic rings. The van der Waals surface area contributed by atoms with Gasteiger partial charge >= 0.3 is 6.09 Å². The summed E-state index contributed by atoms with van der Waals surface area (Å²) >= 11 is 0. The van der Waals surface area contributed by atoms with Crippen molar-refractivity contribution < 1.29 is 9.53 Å². The summed E-state index contributed by atoms with van der Waals surface area (Å²) in [6, 6.07) is 11.3. The molecule has 0 heterocycles. The summed E-state index contributed by atoms with van der Waals surface area (Å²) in [6.07, 6.45) is 5.09. The quantitative estimate of drug-likeness (QED) is 0.787.